The zero-order chi connectivity index (χ0) is 19.0. The van der Waals surface area contributed by atoms with E-state index in [-0.39, 0.29) is 15.8 Å². The van der Waals surface area contributed by atoms with Gasteiger partial charge in [-0.25, -0.2) is 18.4 Å². The molecule has 1 aromatic carbocycles. The zero-order valence-corrected chi connectivity index (χ0v) is 15.3. The molecule has 0 spiro atoms. The topological polar surface area (TPSA) is 131 Å². The molecular weight excluding hydrogens is 386 g/mol. The molecule has 0 atom stereocenters. The molecule has 0 aliphatic carbocycles. The van der Waals surface area contributed by atoms with Crippen LogP contribution < -0.4 is 10.5 Å². The third-order valence-electron chi connectivity index (χ3n) is 3.88. The Hall–Kier alpha value is -3.24. The van der Waals surface area contributed by atoms with E-state index in [0.717, 1.165) is 11.3 Å². The maximum Gasteiger partial charge on any atom is 0.271 e. The number of nitrogens with two attached hydrogens (primary N) is 1. The van der Waals surface area contributed by atoms with Crippen LogP contribution in [0.1, 0.15) is 15.9 Å². The van der Waals surface area contributed by atoms with E-state index in [1.807, 2.05) is 0 Å². The lowest BCUT2D eigenvalue weighted by atomic mass is 10.0. The van der Waals surface area contributed by atoms with Crippen molar-refractivity contribution < 1.29 is 13.2 Å². The van der Waals surface area contributed by atoms with Gasteiger partial charge in [-0.2, -0.15) is 0 Å². The molecule has 0 fully saturated rings. The van der Waals surface area contributed by atoms with Crippen LogP contribution in [0, 0.1) is 0 Å². The number of benzene rings is 1. The van der Waals surface area contributed by atoms with Gasteiger partial charge in [0.2, 0.25) is 0 Å². The Bertz CT molecular complexity index is 1250. The highest BCUT2D eigenvalue weighted by Gasteiger charge is 2.19. The van der Waals surface area contributed by atoms with Gasteiger partial charge in [0, 0.05) is 17.4 Å². The van der Waals surface area contributed by atoms with Crippen LogP contribution in [-0.4, -0.2) is 29.2 Å². The van der Waals surface area contributed by atoms with Crippen LogP contribution in [0.4, 0.5) is 11.5 Å². The predicted molar refractivity (Wildman–Crippen MR) is 103 cm³/mol. The summed E-state index contributed by atoms with van der Waals surface area (Å²) in [7, 11) is -3.70. The highest BCUT2D eigenvalue weighted by atomic mass is 32.2. The second kappa shape index (κ2) is 6.49. The number of aromatic nitrogens is 3. The van der Waals surface area contributed by atoms with Crippen molar-refractivity contribution in [2.75, 3.05) is 10.5 Å². The fraction of sp³-hybridized carbons (Fsp3) is 0. The summed E-state index contributed by atoms with van der Waals surface area (Å²) in [4.78, 5) is 23.8. The summed E-state index contributed by atoms with van der Waals surface area (Å²) < 4.78 is 27.4. The maximum absolute atomic E-state index is 12.9. The molecular formula is C17H13N5O3S2. The number of thiophene rings is 1. The van der Waals surface area contributed by atoms with E-state index in [9.17, 15) is 13.2 Å². The Labute approximate surface area is 158 Å². The molecule has 0 radical (unpaired) electrons. The molecule has 3 aromatic heterocycles. The molecule has 0 saturated heterocycles. The van der Waals surface area contributed by atoms with Gasteiger partial charge in [0.15, 0.2) is 5.78 Å². The van der Waals surface area contributed by atoms with Gasteiger partial charge >= 0.3 is 0 Å². The van der Waals surface area contributed by atoms with E-state index in [1.54, 1.807) is 29.6 Å². The highest BCUT2D eigenvalue weighted by Crippen LogP contribution is 2.25. The summed E-state index contributed by atoms with van der Waals surface area (Å²) in [6.45, 7) is 0. The number of sulfonamides is 1. The summed E-state index contributed by atoms with van der Waals surface area (Å²) in [6, 6.07) is 9.43. The monoisotopic (exact) mass is 399 g/mol. The van der Waals surface area contributed by atoms with E-state index in [4.69, 9.17) is 5.73 Å². The first kappa shape index (κ1) is 17.2. The lowest BCUT2D eigenvalue weighted by Crippen LogP contribution is -2.12. The smallest absolute Gasteiger partial charge is 0.271 e. The highest BCUT2D eigenvalue weighted by molar-refractivity contribution is 7.94. The van der Waals surface area contributed by atoms with Crippen LogP contribution in [-0.2, 0) is 10.0 Å². The third-order valence-corrected chi connectivity index (χ3v) is 6.66. The number of H-pyrrole nitrogens is 1. The average Bonchev–Trinajstić information content (AvgIpc) is 3.32. The molecule has 0 bridgehead atoms. The molecule has 0 amide bonds. The summed E-state index contributed by atoms with van der Waals surface area (Å²) in [5, 5.41) is 2.12. The fourth-order valence-electron chi connectivity index (χ4n) is 2.67. The Kier molecular flexibility index (Phi) is 4.13. The number of anilines is 2. The van der Waals surface area contributed by atoms with E-state index >= 15 is 0 Å². The molecule has 10 heteroatoms. The quantitative estimate of drug-likeness (QED) is 0.442. The fourth-order valence-corrected chi connectivity index (χ4v) is 4.71. The van der Waals surface area contributed by atoms with E-state index in [1.165, 1.54) is 24.7 Å². The first-order valence-corrected chi connectivity index (χ1v) is 10.1. The number of carbonyl (C=O) groups is 1. The Morgan fingerprint density at radius 2 is 2.04 bits per heavy atom. The first-order valence-electron chi connectivity index (χ1n) is 7.74. The summed E-state index contributed by atoms with van der Waals surface area (Å²) in [5.74, 6) is -0.126. The van der Waals surface area contributed by atoms with Crippen LogP contribution in [0.25, 0.3) is 11.0 Å². The molecule has 136 valence electrons. The van der Waals surface area contributed by atoms with Gasteiger partial charge < -0.3 is 10.7 Å². The summed E-state index contributed by atoms with van der Waals surface area (Å²) in [5.41, 5.74) is 7.25. The van der Waals surface area contributed by atoms with Crippen LogP contribution in [0.3, 0.4) is 0 Å². The first-order chi connectivity index (χ1) is 13.0. The van der Waals surface area contributed by atoms with Crippen LogP contribution in [0.15, 0.2) is 58.5 Å². The maximum atomic E-state index is 12.9. The molecule has 0 aliphatic rings. The lowest BCUT2D eigenvalue weighted by Gasteiger charge is -2.08. The minimum Gasteiger partial charge on any atom is -0.383 e. The number of fused-ring (bicyclic) bond motifs is 1. The number of nitrogens with one attached hydrogen (secondary N) is 2. The number of hydrogen-bond donors (Lipinski definition) is 3. The molecule has 0 aliphatic heterocycles. The number of nitrogen functional groups attached to an aromatic ring is 1. The Balaban J connectivity index is 1.69. The van der Waals surface area contributed by atoms with Crippen LogP contribution in [0.2, 0.25) is 0 Å². The van der Waals surface area contributed by atoms with Gasteiger partial charge in [0.25, 0.3) is 10.0 Å². The second-order valence-corrected chi connectivity index (χ2v) is 8.49. The average molecular weight is 399 g/mol. The number of ketones is 1. The number of carbonyl (C=O) groups excluding carboxylic acids is 1. The summed E-state index contributed by atoms with van der Waals surface area (Å²) in [6.07, 6.45) is 2.82. The van der Waals surface area contributed by atoms with Crippen molar-refractivity contribution in [1.82, 2.24) is 15.0 Å². The van der Waals surface area contributed by atoms with Crippen molar-refractivity contribution in [2.24, 2.45) is 0 Å². The largest absolute Gasteiger partial charge is 0.383 e. The molecule has 4 N–H and O–H groups in total. The third kappa shape index (κ3) is 3.15. The standard InChI is InChI=1S/C17H13N5O3S2/c18-16-14-12(8-19-17(14)21-9-20-16)15(23)10-3-1-4-11(7-10)22-27(24,25)13-5-2-6-26-13/h1-9,22H,(H3,18,19,20,21). The molecule has 27 heavy (non-hydrogen) atoms. The molecule has 4 rings (SSSR count). The molecule has 8 nitrogen and oxygen atoms in total. The SMILES string of the molecule is Nc1ncnc2[nH]cc(C(=O)c3cccc(NS(=O)(=O)c4cccs4)c3)c12. The predicted octanol–water partition coefficient (Wildman–Crippen LogP) is 2.63. The molecule has 0 unspecified atom stereocenters. The van der Waals surface area contributed by atoms with Gasteiger partial charge in [-0.05, 0) is 23.6 Å². The Morgan fingerprint density at radius 1 is 1.19 bits per heavy atom. The van der Waals surface area contributed by atoms with E-state index in [2.05, 4.69) is 19.7 Å². The van der Waals surface area contributed by atoms with Crippen LogP contribution in [0.5, 0.6) is 0 Å². The molecule has 3 heterocycles. The second-order valence-electron chi connectivity index (χ2n) is 5.63. The molecule has 0 saturated carbocycles. The van der Waals surface area contributed by atoms with Crippen molar-refractivity contribution in [2.45, 2.75) is 4.21 Å². The van der Waals surface area contributed by atoms with Gasteiger partial charge in [-0.15, -0.1) is 11.3 Å². The summed E-state index contributed by atoms with van der Waals surface area (Å²) >= 11 is 1.11. The van der Waals surface area contributed by atoms with Crippen LogP contribution >= 0.6 is 11.3 Å². The lowest BCUT2D eigenvalue weighted by molar-refractivity contribution is 0.104. The molecule has 4 aromatic rings. The number of nitrogens with zero attached hydrogens (tertiary/aromatic N) is 2. The van der Waals surface area contributed by atoms with Gasteiger partial charge in [-0.3, -0.25) is 9.52 Å². The van der Waals surface area contributed by atoms with Gasteiger partial charge in [0.1, 0.15) is 22.0 Å². The minimum atomic E-state index is -3.70. The van der Waals surface area contributed by atoms with Gasteiger partial charge in [0.05, 0.1) is 10.9 Å². The minimum absolute atomic E-state index is 0.194. The number of hydrogen-bond acceptors (Lipinski definition) is 7. The normalized spacial score (nSPS) is 11.6. The number of aromatic amines is 1. The van der Waals surface area contributed by atoms with Crippen molar-refractivity contribution in [3.8, 4) is 0 Å². The van der Waals surface area contributed by atoms with E-state index in [0.29, 0.717) is 27.8 Å². The van der Waals surface area contributed by atoms with Crippen molar-refractivity contribution in [1.29, 1.82) is 0 Å². The Morgan fingerprint density at radius 3 is 2.81 bits per heavy atom. The number of rotatable bonds is 5. The van der Waals surface area contributed by atoms with Crippen molar-refractivity contribution in [3.05, 3.63) is 65.4 Å². The van der Waals surface area contributed by atoms with E-state index < -0.39 is 10.0 Å². The zero-order valence-electron chi connectivity index (χ0n) is 13.7. The van der Waals surface area contributed by atoms with Crippen molar-refractivity contribution in [3.63, 3.8) is 0 Å². The van der Waals surface area contributed by atoms with Crippen molar-refractivity contribution >= 4 is 49.7 Å². The van der Waals surface area contributed by atoms with Gasteiger partial charge in [-0.1, -0.05) is 18.2 Å².